The van der Waals surface area contributed by atoms with Crippen molar-refractivity contribution in [2.24, 2.45) is 0 Å². The zero-order valence-electron chi connectivity index (χ0n) is 11.4. The number of alkyl halides is 3. The van der Waals surface area contributed by atoms with Crippen LogP contribution in [0.1, 0.15) is 26.0 Å². The number of nitrogens with zero attached hydrogens (tertiary/aromatic N) is 2. The van der Waals surface area contributed by atoms with Crippen molar-refractivity contribution in [3.63, 3.8) is 0 Å². The van der Waals surface area contributed by atoms with Crippen LogP contribution in [-0.4, -0.2) is 34.9 Å². The first-order chi connectivity index (χ1) is 9.38. The fourth-order valence-corrected chi connectivity index (χ4v) is 1.69. The normalized spacial score (nSPS) is 13.2. The van der Waals surface area contributed by atoms with Gasteiger partial charge in [0, 0.05) is 12.7 Å². The molecule has 0 radical (unpaired) electrons. The van der Waals surface area contributed by atoms with Crippen molar-refractivity contribution < 1.29 is 22.7 Å². The Hall–Kier alpha value is -1.57. The summed E-state index contributed by atoms with van der Waals surface area (Å²) in [6.45, 7) is 4.57. The summed E-state index contributed by atoms with van der Waals surface area (Å²) in [6, 6.07) is 0.366. The number of esters is 1. The molecule has 114 valence electrons. The van der Waals surface area contributed by atoms with Gasteiger partial charge in [-0.15, -0.1) is 0 Å². The molecule has 0 fully saturated rings. The molecule has 5 nitrogen and oxygen atoms in total. The number of aromatic nitrogens is 2. The van der Waals surface area contributed by atoms with E-state index < -0.39 is 23.9 Å². The summed E-state index contributed by atoms with van der Waals surface area (Å²) >= 11 is 0. The van der Waals surface area contributed by atoms with E-state index in [-0.39, 0.29) is 13.2 Å². The second kappa shape index (κ2) is 7.28. The molecule has 8 heteroatoms. The highest BCUT2D eigenvalue weighted by Gasteiger charge is 2.33. The van der Waals surface area contributed by atoms with Gasteiger partial charge in [0.1, 0.15) is 6.04 Å². The van der Waals surface area contributed by atoms with Gasteiger partial charge in [-0.1, -0.05) is 6.92 Å². The molecule has 1 aromatic rings. The lowest BCUT2D eigenvalue weighted by Gasteiger charge is -2.16. The topological polar surface area (TPSA) is 56.2 Å². The number of ether oxygens (including phenoxy) is 1. The molecule has 20 heavy (non-hydrogen) atoms. The van der Waals surface area contributed by atoms with Crippen molar-refractivity contribution in [1.82, 2.24) is 15.1 Å². The molecule has 1 atom stereocenters. The molecule has 0 bridgehead atoms. The smallest absolute Gasteiger partial charge is 0.435 e. The van der Waals surface area contributed by atoms with E-state index in [0.29, 0.717) is 13.0 Å². The van der Waals surface area contributed by atoms with Crippen molar-refractivity contribution >= 4 is 5.97 Å². The molecule has 0 saturated carbocycles. The van der Waals surface area contributed by atoms with Gasteiger partial charge < -0.3 is 10.1 Å². The van der Waals surface area contributed by atoms with Gasteiger partial charge in [-0.25, -0.2) is 0 Å². The molecule has 0 aliphatic rings. The van der Waals surface area contributed by atoms with Crippen molar-refractivity contribution in [2.45, 2.75) is 39.0 Å². The standard InChI is InChI=1S/C12H18F3N3O2/c1-3-16-9(11(19)20-4-2)5-7-18-8-6-10(17-18)12(13,14)15/h6,8-9,16H,3-5,7H2,1-2H3. The van der Waals surface area contributed by atoms with Gasteiger partial charge in [-0.2, -0.15) is 18.3 Å². The van der Waals surface area contributed by atoms with Crippen LogP contribution < -0.4 is 5.32 Å². The minimum absolute atomic E-state index is 0.201. The van der Waals surface area contributed by atoms with Crippen LogP contribution in [0.5, 0.6) is 0 Å². The Bertz CT molecular complexity index is 432. The van der Waals surface area contributed by atoms with E-state index in [4.69, 9.17) is 4.74 Å². The number of hydrogen-bond donors (Lipinski definition) is 1. The van der Waals surface area contributed by atoms with Gasteiger partial charge in [0.25, 0.3) is 0 Å². The molecule has 0 aliphatic carbocycles. The number of aryl methyl sites for hydroxylation is 1. The maximum absolute atomic E-state index is 12.4. The summed E-state index contributed by atoms with van der Waals surface area (Å²) in [6.07, 6.45) is -2.89. The van der Waals surface area contributed by atoms with Crippen LogP contribution >= 0.6 is 0 Å². The molecule has 0 aromatic carbocycles. The minimum atomic E-state index is -4.45. The lowest BCUT2D eigenvalue weighted by molar-refractivity contribution is -0.146. The first kappa shape index (κ1) is 16.5. The monoisotopic (exact) mass is 293 g/mol. The van der Waals surface area contributed by atoms with Crippen molar-refractivity contribution in [3.8, 4) is 0 Å². The maximum atomic E-state index is 12.4. The Labute approximate surface area is 115 Å². The molecular formula is C12H18F3N3O2. The number of hydrogen-bond acceptors (Lipinski definition) is 4. The maximum Gasteiger partial charge on any atom is 0.435 e. The molecule has 0 aliphatic heterocycles. The largest absolute Gasteiger partial charge is 0.465 e. The average molecular weight is 293 g/mol. The van der Waals surface area contributed by atoms with Crippen molar-refractivity contribution in [3.05, 3.63) is 18.0 Å². The Morgan fingerprint density at radius 2 is 2.20 bits per heavy atom. The van der Waals surface area contributed by atoms with E-state index in [2.05, 4.69) is 10.4 Å². The van der Waals surface area contributed by atoms with Gasteiger partial charge in [-0.05, 0) is 26.0 Å². The van der Waals surface area contributed by atoms with Crippen molar-refractivity contribution in [1.29, 1.82) is 0 Å². The lowest BCUT2D eigenvalue weighted by atomic mass is 10.2. The lowest BCUT2D eigenvalue weighted by Crippen LogP contribution is -2.38. The van der Waals surface area contributed by atoms with Crippen LogP contribution in [0.15, 0.2) is 12.3 Å². The Kier molecular flexibility index (Phi) is 6.00. The fraction of sp³-hybridized carbons (Fsp3) is 0.667. The summed E-state index contributed by atoms with van der Waals surface area (Å²) in [5, 5.41) is 6.37. The van der Waals surface area contributed by atoms with Crippen LogP contribution in [0.3, 0.4) is 0 Å². The first-order valence-corrected chi connectivity index (χ1v) is 6.39. The number of carbonyl (C=O) groups is 1. The van der Waals surface area contributed by atoms with Crippen molar-refractivity contribution in [2.75, 3.05) is 13.2 Å². The molecule has 0 saturated heterocycles. The molecule has 1 unspecified atom stereocenters. The van der Waals surface area contributed by atoms with Crippen LogP contribution in [0.2, 0.25) is 0 Å². The van der Waals surface area contributed by atoms with Gasteiger partial charge >= 0.3 is 12.1 Å². The van der Waals surface area contributed by atoms with Gasteiger partial charge in [0.15, 0.2) is 5.69 Å². The third kappa shape index (κ3) is 4.84. The number of rotatable bonds is 7. The molecule has 0 amide bonds. The molecular weight excluding hydrogens is 275 g/mol. The van der Waals surface area contributed by atoms with E-state index in [1.807, 2.05) is 6.92 Å². The predicted molar refractivity (Wildman–Crippen MR) is 65.9 cm³/mol. The summed E-state index contributed by atoms with van der Waals surface area (Å²) in [5.41, 5.74) is -0.936. The molecule has 0 spiro atoms. The second-order valence-corrected chi connectivity index (χ2v) is 4.11. The van der Waals surface area contributed by atoms with Crippen LogP contribution in [0.4, 0.5) is 13.2 Å². The Morgan fingerprint density at radius 1 is 1.50 bits per heavy atom. The zero-order chi connectivity index (χ0) is 15.2. The molecule has 1 N–H and O–H groups in total. The van der Waals surface area contributed by atoms with E-state index >= 15 is 0 Å². The van der Waals surface area contributed by atoms with Gasteiger partial charge in [0.05, 0.1) is 6.61 Å². The highest BCUT2D eigenvalue weighted by atomic mass is 19.4. The number of halogens is 3. The highest BCUT2D eigenvalue weighted by Crippen LogP contribution is 2.27. The Morgan fingerprint density at radius 3 is 2.70 bits per heavy atom. The van der Waals surface area contributed by atoms with E-state index in [1.54, 1.807) is 6.92 Å². The minimum Gasteiger partial charge on any atom is -0.465 e. The molecule has 1 rings (SSSR count). The summed E-state index contributed by atoms with van der Waals surface area (Å²) in [5.74, 6) is -0.405. The number of nitrogens with one attached hydrogen (secondary N) is 1. The van der Waals surface area contributed by atoms with Crippen LogP contribution in [-0.2, 0) is 22.3 Å². The van der Waals surface area contributed by atoms with E-state index in [0.717, 1.165) is 6.07 Å². The highest BCUT2D eigenvalue weighted by molar-refractivity contribution is 5.75. The first-order valence-electron chi connectivity index (χ1n) is 6.39. The fourth-order valence-electron chi connectivity index (χ4n) is 1.69. The number of likely N-dealkylation sites (N-methyl/N-ethyl adjacent to an activating group) is 1. The third-order valence-corrected chi connectivity index (χ3v) is 2.60. The van der Waals surface area contributed by atoms with Crippen LogP contribution in [0.25, 0.3) is 0 Å². The summed E-state index contributed by atoms with van der Waals surface area (Å²) in [7, 11) is 0. The van der Waals surface area contributed by atoms with Gasteiger partial charge in [0.2, 0.25) is 0 Å². The third-order valence-electron chi connectivity index (χ3n) is 2.60. The predicted octanol–water partition coefficient (Wildman–Crippen LogP) is 1.83. The second-order valence-electron chi connectivity index (χ2n) is 4.11. The molecule has 1 aromatic heterocycles. The van der Waals surface area contributed by atoms with Gasteiger partial charge in [-0.3, -0.25) is 9.48 Å². The van der Waals surface area contributed by atoms with E-state index in [1.165, 1.54) is 10.9 Å². The zero-order valence-corrected chi connectivity index (χ0v) is 11.4. The van der Waals surface area contributed by atoms with Crippen LogP contribution in [0, 0.1) is 0 Å². The average Bonchev–Trinajstić information content (AvgIpc) is 2.83. The van der Waals surface area contributed by atoms with E-state index in [9.17, 15) is 18.0 Å². The number of carbonyl (C=O) groups excluding carboxylic acids is 1. The Balaban J connectivity index is 2.59. The molecule has 1 heterocycles. The summed E-state index contributed by atoms with van der Waals surface area (Å²) < 4.78 is 43.2. The summed E-state index contributed by atoms with van der Waals surface area (Å²) in [4.78, 5) is 11.6. The quantitative estimate of drug-likeness (QED) is 0.779. The SMILES string of the molecule is CCNC(CCn1ccc(C(F)(F)F)n1)C(=O)OCC.